The summed E-state index contributed by atoms with van der Waals surface area (Å²) in [7, 11) is 3.04. The maximum atomic E-state index is 12.6. The number of fused-ring (bicyclic) bond motifs is 1. The van der Waals surface area contributed by atoms with Crippen LogP contribution in [0.25, 0.3) is 11.4 Å². The van der Waals surface area contributed by atoms with Gasteiger partial charge in [0.05, 0.1) is 26.3 Å². The van der Waals surface area contributed by atoms with Crippen molar-refractivity contribution in [1.82, 2.24) is 14.8 Å². The second kappa shape index (κ2) is 8.03. The Hall–Kier alpha value is -3.59. The number of hydrogen-bond acceptors (Lipinski definition) is 6. The minimum atomic E-state index is -0.808. The largest absolute Gasteiger partial charge is 0.497 e. The zero-order valence-electron chi connectivity index (χ0n) is 16.2. The van der Waals surface area contributed by atoms with Gasteiger partial charge in [-0.25, -0.2) is 4.68 Å². The SMILES string of the molecule is COc1ccc(NC(=O)C[C@H]2C(=O)Nc3nc(-c4ccc(Cl)cc4)nn32)c(OC)c1. The van der Waals surface area contributed by atoms with Crippen LogP contribution in [0.2, 0.25) is 5.02 Å². The molecule has 9 nitrogen and oxygen atoms in total. The monoisotopic (exact) mass is 427 g/mol. The van der Waals surface area contributed by atoms with Gasteiger partial charge in [0.25, 0.3) is 5.91 Å². The van der Waals surface area contributed by atoms with Gasteiger partial charge in [0.1, 0.15) is 17.5 Å². The van der Waals surface area contributed by atoms with Crippen LogP contribution in [0, 0.1) is 0 Å². The smallest absolute Gasteiger partial charge is 0.252 e. The van der Waals surface area contributed by atoms with Crippen molar-refractivity contribution < 1.29 is 19.1 Å². The zero-order chi connectivity index (χ0) is 21.3. The number of anilines is 2. The van der Waals surface area contributed by atoms with Gasteiger partial charge in [-0.15, -0.1) is 5.10 Å². The van der Waals surface area contributed by atoms with Gasteiger partial charge in [0.15, 0.2) is 5.82 Å². The molecule has 0 aliphatic carbocycles. The van der Waals surface area contributed by atoms with Crippen molar-refractivity contribution in [2.45, 2.75) is 12.5 Å². The van der Waals surface area contributed by atoms with E-state index in [1.54, 1.807) is 49.6 Å². The predicted molar refractivity (Wildman–Crippen MR) is 111 cm³/mol. The van der Waals surface area contributed by atoms with Crippen molar-refractivity contribution in [2.24, 2.45) is 0 Å². The van der Waals surface area contributed by atoms with E-state index in [4.69, 9.17) is 21.1 Å². The third-order valence-corrected chi connectivity index (χ3v) is 4.88. The van der Waals surface area contributed by atoms with Gasteiger partial charge >= 0.3 is 0 Å². The summed E-state index contributed by atoms with van der Waals surface area (Å²) in [5.74, 6) is 1.07. The molecule has 4 rings (SSSR count). The van der Waals surface area contributed by atoms with Crippen LogP contribution in [0.1, 0.15) is 12.5 Å². The molecule has 1 atom stereocenters. The number of aromatic nitrogens is 3. The highest BCUT2D eigenvalue weighted by molar-refractivity contribution is 6.30. The Kier molecular flexibility index (Phi) is 5.28. The van der Waals surface area contributed by atoms with Crippen LogP contribution in [-0.2, 0) is 9.59 Å². The van der Waals surface area contributed by atoms with Gasteiger partial charge in [-0.1, -0.05) is 11.6 Å². The van der Waals surface area contributed by atoms with Crippen LogP contribution in [-0.4, -0.2) is 40.8 Å². The van der Waals surface area contributed by atoms with Crippen LogP contribution in [0.15, 0.2) is 42.5 Å². The summed E-state index contributed by atoms with van der Waals surface area (Å²) >= 11 is 5.92. The number of hydrogen-bond donors (Lipinski definition) is 2. The number of nitrogens with zero attached hydrogens (tertiary/aromatic N) is 3. The Morgan fingerprint density at radius 3 is 2.67 bits per heavy atom. The topological polar surface area (TPSA) is 107 Å². The van der Waals surface area contributed by atoms with E-state index in [9.17, 15) is 9.59 Å². The lowest BCUT2D eigenvalue weighted by molar-refractivity contribution is -0.123. The van der Waals surface area contributed by atoms with E-state index >= 15 is 0 Å². The fraction of sp³-hybridized carbons (Fsp3) is 0.200. The van der Waals surface area contributed by atoms with E-state index in [1.165, 1.54) is 11.8 Å². The number of nitrogens with one attached hydrogen (secondary N) is 2. The molecule has 10 heteroatoms. The van der Waals surface area contributed by atoms with Crippen molar-refractivity contribution in [3.05, 3.63) is 47.5 Å². The van der Waals surface area contributed by atoms with Crippen LogP contribution >= 0.6 is 11.6 Å². The van der Waals surface area contributed by atoms with Gasteiger partial charge in [0.2, 0.25) is 11.9 Å². The standard InChI is InChI=1S/C20H18ClN5O4/c1-29-13-7-8-14(16(9-13)30-2)22-17(27)10-15-19(28)24-20-23-18(25-26(15)20)11-3-5-12(21)6-4-11/h3-9,15H,10H2,1-2H3,(H,22,27)(H,23,24,25,28)/t15-/m0/s1. The van der Waals surface area contributed by atoms with Gasteiger partial charge in [-0.05, 0) is 36.4 Å². The molecule has 3 aromatic rings. The molecule has 0 fully saturated rings. The van der Waals surface area contributed by atoms with Crippen LogP contribution in [0.3, 0.4) is 0 Å². The number of benzene rings is 2. The van der Waals surface area contributed by atoms with Crippen LogP contribution in [0.5, 0.6) is 11.5 Å². The van der Waals surface area contributed by atoms with E-state index in [-0.39, 0.29) is 18.2 Å². The first-order chi connectivity index (χ1) is 14.5. The Morgan fingerprint density at radius 1 is 1.20 bits per heavy atom. The first-order valence-corrected chi connectivity index (χ1v) is 9.41. The second-order valence-electron chi connectivity index (χ2n) is 6.53. The molecule has 2 amide bonds. The molecule has 0 saturated heterocycles. The van der Waals surface area contributed by atoms with E-state index in [0.717, 1.165) is 5.56 Å². The van der Waals surface area contributed by atoms with E-state index in [2.05, 4.69) is 20.7 Å². The molecule has 2 N–H and O–H groups in total. The molecule has 2 aromatic carbocycles. The number of carbonyl (C=O) groups excluding carboxylic acids is 2. The highest BCUT2D eigenvalue weighted by Crippen LogP contribution is 2.31. The number of ether oxygens (including phenoxy) is 2. The molecule has 154 valence electrons. The molecule has 0 radical (unpaired) electrons. The minimum Gasteiger partial charge on any atom is -0.497 e. The summed E-state index contributed by atoms with van der Waals surface area (Å²) in [6, 6.07) is 11.3. The lowest BCUT2D eigenvalue weighted by atomic mass is 10.2. The van der Waals surface area contributed by atoms with E-state index in [1.807, 2.05) is 0 Å². The summed E-state index contributed by atoms with van der Waals surface area (Å²) < 4.78 is 11.9. The maximum Gasteiger partial charge on any atom is 0.252 e. The van der Waals surface area contributed by atoms with Crippen molar-refractivity contribution in [2.75, 3.05) is 24.9 Å². The highest BCUT2D eigenvalue weighted by Gasteiger charge is 2.35. The number of carbonyl (C=O) groups is 2. The molecule has 1 aromatic heterocycles. The summed E-state index contributed by atoms with van der Waals surface area (Å²) in [6.45, 7) is 0. The van der Waals surface area contributed by atoms with Gasteiger partial charge in [-0.3, -0.25) is 14.9 Å². The fourth-order valence-electron chi connectivity index (χ4n) is 3.11. The first-order valence-electron chi connectivity index (χ1n) is 9.03. The summed E-state index contributed by atoms with van der Waals surface area (Å²) in [5.41, 5.74) is 1.23. The Balaban J connectivity index is 1.51. The Bertz CT molecular complexity index is 1110. The maximum absolute atomic E-state index is 12.6. The summed E-state index contributed by atoms with van der Waals surface area (Å²) in [6.07, 6.45) is -0.114. The quantitative estimate of drug-likeness (QED) is 0.625. The normalized spacial score (nSPS) is 14.8. The minimum absolute atomic E-state index is 0.114. The molecule has 1 aliphatic rings. The molecular formula is C20H18ClN5O4. The number of halogens is 1. The van der Waals surface area contributed by atoms with E-state index in [0.29, 0.717) is 34.0 Å². The average Bonchev–Trinajstić information content (AvgIpc) is 3.27. The van der Waals surface area contributed by atoms with E-state index < -0.39 is 6.04 Å². The molecular weight excluding hydrogens is 410 g/mol. The van der Waals surface area contributed by atoms with Crippen molar-refractivity contribution in [3.63, 3.8) is 0 Å². The summed E-state index contributed by atoms with van der Waals surface area (Å²) in [4.78, 5) is 29.3. The molecule has 0 saturated carbocycles. The predicted octanol–water partition coefficient (Wildman–Crippen LogP) is 3.14. The summed E-state index contributed by atoms with van der Waals surface area (Å²) in [5, 5.41) is 10.4. The van der Waals surface area contributed by atoms with Crippen molar-refractivity contribution in [3.8, 4) is 22.9 Å². The molecule has 30 heavy (non-hydrogen) atoms. The molecule has 2 heterocycles. The Labute approximate surface area is 177 Å². The molecule has 0 unspecified atom stereocenters. The average molecular weight is 428 g/mol. The number of methoxy groups -OCH3 is 2. The van der Waals surface area contributed by atoms with Crippen molar-refractivity contribution in [1.29, 1.82) is 0 Å². The number of amides is 2. The highest BCUT2D eigenvalue weighted by atomic mass is 35.5. The van der Waals surface area contributed by atoms with Gasteiger partial charge in [-0.2, -0.15) is 4.98 Å². The number of rotatable bonds is 6. The van der Waals surface area contributed by atoms with Crippen LogP contribution < -0.4 is 20.1 Å². The molecule has 0 spiro atoms. The fourth-order valence-corrected chi connectivity index (χ4v) is 3.24. The second-order valence-corrected chi connectivity index (χ2v) is 6.97. The zero-order valence-corrected chi connectivity index (χ0v) is 16.9. The third kappa shape index (κ3) is 3.79. The lowest BCUT2D eigenvalue weighted by Gasteiger charge is -2.13. The lowest BCUT2D eigenvalue weighted by Crippen LogP contribution is -2.24. The van der Waals surface area contributed by atoms with Gasteiger partial charge < -0.3 is 14.8 Å². The third-order valence-electron chi connectivity index (χ3n) is 4.63. The molecule has 0 bridgehead atoms. The van der Waals surface area contributed by atoms with Crippen molar-refractivity contribution >= 4 is 35.1 Å². The molecule has 1 aliphatic heterocycles. The first kappa shape index (κ1) is 19.7. The van der Waals surface area contributed by atoms with Crippen LogP contribution in [0.4, 0.5) is 11.6 Å². The Morgan fingerprint density at radius 2 is 1.97 bits per heavy atom. The van der Waals surface area contributed by atoms with Gasteiger partial charge in [0, 0.05) is 16.7 Å².